The number of rotatable bonds is 8. The molecular formula is C20H21ClN4O4S. The molecule has 1 atom stereocenters. The van der Waals surface area contributed by atoms with Crippen LogP contribution in [-0.4, -0.2) is 37.8 Å². The molecule has 0 aliphatic rings. The van der Waals surface area contributed by atoms with Crippen molar-refractivity contribution in [1.82, 2.24) is 19.8 Å². The van der Waals surface area contributed by atoms with Crippen molar-refractivity contribution in [2.24, 2.45) is 7.05 Å². The van der Waals surface area contributed by atoms with Crippen LogP contribution in [0.3, 0.4) is 0 Å². The van der Waals surface area contributed by atoms with Gasteiger partial charge in [-0.3, -0.25) is 9.48 Å². The van der Waals surface area contributed by atoms with E-state index in [2.05, 4.69) is 15.1 Å². The lowest BCUT2D eigenvalue weighted by atomic mass is 10.1. The first kappa shape index (κ1) is 21.8. The van der Waals surface area contributed by atoms with E-state index in [1.54, 1.807) is 19.2 Å². The Balaban J connectivity index is 1.79. The molecule has 0 aliphatic heterocycles. The number of aromatic nitrogens is 2. The van der Waals surface area contributed by atoms with Crippen LogP contribution in [0.5, 0.6) is 5.75 Å². The molecule has 0 saturated heterocycles. The van der Waals surface area contributed by atoms with Gasteiger partial charge in [0, 0.05) is 25.4 Å². The summed E-state index contributed by atoms with van der Waals surface area (Å²) in [6.45, 7) is -0.0448. The van der Waals surface area contributed by atoms with Crippen LogP contribution in [0.25, 0.3) is 0 Å². The molecule has 1 unspecified atom stereocenters. The van der Waals surface area contributed by atoms with Crippen LogP contribution >= 0.6 is 11.6 Å². The largest absolute Gasteiger partial charge is 0.495 e. The minimum atomic E-state index is -3.78. The molecule has 3 aromatic rings. The third-order valence-corrected chi connectivity index (χ3v) is 6.06. The van der Waals surface area contributed by atoms with Crippen LogP contribution in [0.2, 0.25) is 5.02 Å². The van der Waals surface area contributed by atoms with E-state index in [0.717, 1.165) is 5.56 Å². The second-order valence-electron chi connectivity index (χ2n) is 6.49. The number of aryl methyl sites for hydroxylation is 1. The summed E-state index contributed by atoms with van der Waals surface area (Å²) in [5.41, 5.74) is 1.08. The van der Waals surface area contributed by atoms with Gasteiger partial charge in [-0.25, -0.2) is 13.1 Å². The fraction of sp³-hybridized carbons (Fsp3) is 0.200. The smallest absolute Gasteiger partial charge is 0.251 e. The highest BCUT2D eigenvalue weighted by Crippen LogP contribution is 2.25. The maximum atomic E-state index is 12.8. The number of methoxy groups -OCH3 is 1. The Morgan fingerprint density at radius 1 is 1.23 bits per heavy atom. The van der Waals surface area contributed by atoms with E-state index in [0.29, 0.717) is 16.3 Å². The van der Waals surface area contributed by atoms with Gasteiger partial charge in [-0.2, -0.15) is 5.10 Å². The highest BCUT2D eigenvalue weighted by atomic mass is 35.5. The molecule has 158 valence electrons. The minimum absolute atomic E-state index is 0.0448. The van der Waals surface area contributed by atoms with Gasteiger partial charge in [0.1, 0.15) is 10.6 Å². The number of amides is 1. The van der Waals surface area contributed by atoms with Crippen molar-refractivity contribution in [3.05, 3.63) is 77.1 Å². The van der Waals surface area contributed by atoms with Crippen LogP contribution in [0.15, 0.2) is 65.8 Å². The Labute approximate surface area is 179 Å². The van der Waals surface area contributed by atoms with Crippen molar-refractivity contribution in [2.45, 2.75) is 10.9 Å². The van der Waals surface area contributed by atoms with Crippen molar-refractivity contribution >= 4 is 27.5 Å². The number of benzene rings is 2. The number of hydrogen-bond acceptors (Lipinski definition) is 5. The van der Waals surface area contributed by atoms with Crippen LogP contribution in [-0.2, 0) is 17.1 Å². The van der Waals surface area contributed by atoms with Gasteiger partial charge in [-0.05, 0) is 23.8 Å². The fourth-order valence-electron chi connectivity index (χ4n) is 2.80. The van der Waals surface area contributed by atoms with E-state index >= 15 is 0 Å². The summed E-state index contributed by atoms with van der Waals surface area (Å²) >= 11 is 6.11. The number of carbonyl (C=O) groups is 1. The first-order valence-electron chi connectivity index (χ1n) is 8.98. The van der Waals surface area contributed by atoms with Crippen molar-refractivity contribution in [3.63, 3.8) is 0 Å². The van der Waals surface area contributed by atoms with Gasteiger partial charge in [-0.15, -0.1) is 0 Å². The normalized spacial score (nSPS) is 12.4. The van der Waals surface area contributed by atoms with E-state index in [1.807, 2.05) is 30.3 Å². The summed E-state index contributed by atoms with van der Waals surface area (Å²) in [5, 5.41) is 7.05. The SMILES string of the molecule is COc1ccc(C(=O)NC(CNS(=O)(=O)c2cnn(C)c2)c2ccccc2)cc1Cl. The first-order valence-corrected chi connectivity index (χ1v) is 10.8. The van der Waals surface area contributed by atoms with Gasteiger partial charge < -0.3 is 10.1 Å². The van der Waals surface area contributed by atoms with Crippen molar-refractivity contribution in [3.8, 4) is 5.75 Å². The number of hydrogen-bond donors (Lipinski definition) is 2. The number of carbonyl (C=O) groups excluding carboxylic acids is 1. The zero-order chi connectivity index (χ0) is 21.7. The second kappa shape index (κ2) is 9.29. The molecule has 2 N–H and O–H groups in total. The topological polar surface area (TPSA) is 102 Å². The quantitative estimate of drug-likeness (QED) is 0.551. The van der Waals surface area contributed by atoms with E-state index in [9.17, 15) is 13.2 Å². The van der Waals surface area contributed by atoms with Crippen molar-refractivity contribution < 1.29 is 17.9 Å². The molecule has 0 aliphatic carbocycles. The van der Waals surface area contributed by atoms with E-state index in [4.69, 9.17) is 16.3 Å². The standard InChI is InChI=1S/C20H21ClN4O4S/c1-25-13-16(11-22-25)30(27,28)23-12-18(14-6-4-3-5-7-14)24-20(26)15-8-9-19(29-2)17(21)10-15/h3-11,13,18,23H,12H2,1-2H3,(H,24,26). The molecule has 1 aromatic heterocycles. The molecule has 0 spiro atoms. The second-order valence-corrected chi connectivity index (χ2v) is 8.66. The third-order valence-electron chi connectivity index (χ3n) is 4.39. The molecule has 10 heteroatoms. The van der Waals surface area contributed by atoms with Gasteiger partial charge in [0.2, 0.25) is 10.0 Å². The average molecular weight is 449 g/mol. The molecule has 0 saturated carbocycles. The van der Waals surface area contributed by atoms with Crippen LogP contribution in [0, 0.1) is 0 Å². The molecule has 2 aromatic carbocycles. The Morgan fingerprint density at radius 2 is 1.97 bits per heavy atom. The van der Waals surface area contributed by atoms with Crippen molar-refractivity contribution in [1.29, 1.82) is 0 Å². The van der Waals surface area contributed by atoms with E-state index in [1.165, 1.54) is 30.3 Å². The highest BCUT2D eigenvalue weighted by Gasteiger charge is 2.21. The van der Waals surface area contributed by atoms with Crippen LogP contribution in [0.1, 0.15) is 22.0 Å². The highest BCUT2D eigenvalue weighted by molar-refractivity contribution is 7.89. The van der Waals surface area contributed by atoms with Gasteiger partial charge >= 0.3 is 0 Å². The molecule has 0 radical (unpaired) electrons. The number of halogens is 1. The van der Waals surface area contributed by atoms with E-state index < -0.39 is 22.0 Å². The van der Waals surface area contributed by atoms with E-state index in [-0.39, 0.29) is 11.4 Å². The van der Waals surface area contributed by atoms with Crippen LogP contribution in [0.4, 0.5) is 0 Å². The van der Waals surface area contributed by atoms with Gasteiger partial charge in [-0.1, -0.05) is 41.9 Å². The molecule has 0 fully saturated rings. The van der Waals surface area contributed by atoms with Gasteiger partial charge in [0.25, 0.3) is 5.91 Å². The number of ether oxygens (including phenoxy) is 1. The molecule has 3 rings (SSSR count). The minimum Gasteiger partial charge on any atom is -0.495 e. The fourth-order valence-corrected chi connectivity index (χ4v) is 4.09. The lowest BCUT2D eigenvalue weighted by molar-refractivity contribution is 0.0937. The Bertz CT molecular complexity index is 1130. The molecule has 30 heavy (non-hydrogen) atoms. The molecule has 0 bridgehead atoms. The molecule has 8 nitrogen and oxygen atoms in total. The summed E-state index contributed by atoms with van der Waals surface area (Å²) in [7, 11) is -0.663. The Hall–Kier alpha value is -2.88. The molecule has 1 amide bonds. The monoisotopic (exact) mass is 448 g/mol. The Kier molecular flexibility index (Phi) is 6.76. The zero-order valence-corrected chi connectivity index (χ0v) is 17.9. The number of nitrogens with one attached hydrogen (secondary N) is 2. The number of nitrogens with zero attached hydrogens (tertiary/aromatic N) is 2. The summed E-state index contributed by atoms with van der Waals surface area (Å²) in [5.74, 6) is 0.0611. The third kappa shape index (κ3) is 5.18. The maximum Gasteiger partial charge on any atom is 0.251 e. The first-order chi connectivity index (χ1) is 14.3. The average Bonchev–Trinajstić information content (AvgIpc) is 3.19. The predicted octanol–water partition coefficient (Wildman–Crippen LogP) is 2.53. The lowest BCUT2D eigenvalue weighted by Crippen LogP contribution is -2.37. The lowest BCUT2D eigenvalue weighted by Gasteiger charge is -2.20. The Morgan fingerprint density at radius 3 is 2.57 bits per heavy atom. The van der Waals surface area contributed by atoms with Crippen molar-refractivity contribution in [2.75, 3.05) is 13.7 Å². The number of sulfonamides is 1. The predicted molar refractivity (Wildman–Crippen MR) is 113 cm³/mol. The summed E-state index contributed by atoms with van der Waals surface area (Å²) < 4.78 is 34.1. The van der Waals surface area contributed by atoms with Gasteiger partial charge in [0.15, 0.2) is 0 Å². The van der Waals surface area contributed by atoms with Gasteiger partial charge in [0.05, 0.1) is 24.4 Å². The molecular weight excluding hydrogens is 428 g/mol. The van der Waals surface area contributed by atoms with Crippen LogP contribution < -0.4 is 14.8 Å². The summed E-state index contributed by atoms with van der Waals surface area (Å²) in [6.07, 6.45) is 2.66. The zero-order valence-electron chi connectivity index (χ0n) is 16.4. The maximum absolute atomic E-state index is 12.8. The molecule has 1 heterocycles. The summed E-state index contributed by atoms with van der Waals surface area (Å²) in [4.78, 5) is 12.8. The summed E-state index contributed by atoms with van der Waals surface area (Å²) in [6, 6.07) is 13.2.